The number of nitrogens with zero attached hydrogens (tertiary/aromatic N) is 3. The van der Waals surface area contributed by atoms with E-state index in [0.717, 1.165) is 11.4 Å². The number of hydrogen-bond acceptors (Lipinski definition) is 4. The number of carbonyl (C=O) groups is 1. The van der Waals surface area contributed by atoms with Crippen LogP contribution in [-0.4, -0.2) is 20.0 Å². The smallest absolute Gasteiger partial charge is 0.224 e. The summed E-state index contributed by atoms with van der Waals surface area (Å²) in [6.45, 7) is 6.12. The van der Waals surface area contributed by atoms with E-state index >= 15 is 0 Å². The minimum atomic E-state index is -0.0744. The van der Waals surface area contributed by atoms with Gasteiger partial charge in [-0.1, -0.05) is 39.0 Å². The molecule has 0 aromatic heterocycles. The van der Waals surface area contributed by atoms with Crippen LogP contribution in [0.5, 0.6) is 0 Å². The van der Waals surface area contributed by atoms with Crippen molar-refractivity contribution in [3.05, 3.63) is 48.5 Å². The van der Waals surface area contributed by atoms with Crippen molar-refractivity contribution in [3.63, 3.8) is 0 Å². The quantitative estimate of drug-likeness (QED) is 0.727. The van der Waals surface area contributed by atoms with Gasteiger partial charge >= 0.3 is 0 Å². The van der Waals surface area contributed by atoms with Crippen LogP contribution in [0.25, 0.3) is 0 Å². The highest BCUT2D eigenvalue weighted by Gasteiger charge is 2.17. The third kappa shape index (κ3) is 6.03. The second kappa shape index (κ2) is 7.92. The molecule has 0 fully saturated rings. The summed E-state index contributed by atoms with van der Waals surface area (Å²) in [4.78, 5) is 14.3. The van der Waals surface area contributed by atoms with Crippen LogP contribution in [0, 0.1) is 5.41 Å². The van der Waals surface area contributed by atoms with E-state index in [1.807, 2.05) is 88.3 Å². The van der Waals surface area contributed by atoms with Gasteiger partial charge in [0.15, 0.2) is 0 Å². The molecule has 2 rings (SSSR count). The van der Waals surface area contributed by atoms with E-state index in [-0.39, 0.29) is 11.3 Å². The number of nitrogens with one attached hydrogen (secondary N) is 1. The van der Waals surface area contributed by atoms with Crippen molar-refractivity contribution >= 4 is 28.7 Å². The topological polar surface area (TPSA) is 57.1 Å². The van der Waals surface area contributed by atoms with Gasteiger partial charge in [0, 0.05) is 26.2 Å². The average molecular weight is 338 g/mol. The summed E-state index contributed by atoms with van der Waals surface area (Å²) in [6, 6.07) is 15.3. The minimum Gasteiger partial charge on any atom is -0.378 e. The van der Waals surface area contributed by atoms with E-state index in [1.165, 1.54) is 0 Å². The van der Waals surface area contributed by atoms with Gasteiger partial charge in [-0.3, -0.25) is 4.79 Å². The summed E-state index contributed by atoms with van der Waals surface area (Å²) in [5.74, 6) is -0.0282. The maximum Gasteiger partial charge on any atom is 0.224 e. The van der Waals surface area contributed by atoms with Gasteiger partial charge in [0.25, 0.3) is 0 Å². The Hall–Kier alpha value is -2.69. The van der Waals surface area contributed by atoms with Crippen LogP contribution in [0.15, 0.2) is 58.8 Å². The van der Waals surface area contributed by atoms with E-state index < -0.39 is 0 Å². The summed E-state index contributed by atoms with van der Waals surface area (Å²) in [6.07, 6.45) is 0.439. The van der Waals surface area contributed by atoms with Crippen LogP contribution in [-0.2, 0) is 4.79 Å². The van der Waals surface area contributed by atoms with Crippen molar-refractivity contribution in [2.45, 2.75) is 27.2 Å². The summed E-state index contributed by atoms with van der Waals surface area (Å²) >= 11 is 0. The van der Waals surface area contributed by atoms with Gasteiger partial charge in [-0.2, -0.15) is 5.11 Å². The van der Waals surface area contributed by atoms with Crippen molar-refractivity contribution in [3.8, 4) is 0 Å². The first-order chi connectivity index (χ1) is 11.7. The molecule has 0 saturated heterocycles. The van der Waals surface area contributed by atoms with Crippen LogP contribution in [0.1, 0.15) is 27.2 Å². The number of azo groups is 1. The van der Waals surface area contributed by atoms with Gasteiger partial charge in [0.2, 0.25) is 5.91 Å². The average Bonchev–Trinajstić information content (AvgIpc) is 2.52. The molecular weight excluding hydrogens is 312 g/mol. The van der Waals surface area contributed by atoms with Gasteiger partial charge in [0.1, 0.15) is 5.69 Å². The number of benzene rings is 2. The molecule has 0 saturated carbocycles. The fraction of sp³-hybridized carbons (Fsp3) is 0.350. The molecular formula is C20H26N4O. The van der Waals surface area contributed by atoms with E-state index in [2.05, 4.69) is 15.5 Å². The standard InChI is InChI=1S/C20H26N4O/c1-20(2,3)14-19(25)21-18-13-16(24(4)5)11-12-17(18)23-22-15-9-7-6-8-10-15/h6-13H,14H2,1-5H3,(H,21,25)/b23-22+. The van der Waals surface area contributed by atoms with E-state index in [0.29, 0.717) is 17.8 Å². The van der Waals surface area contributed by atoms with Gasteiger partial charge in [-0.25, -0.2) is 0 Å². The van der Waals surface area contributed by atoms with Crippen molar-refractivity contribution in [2.75, 3.05) is 24.3 Å². The zero-order valence-corrected chi connectivity index (χ0v) is 15.6. The van der Waals surface area contributed by atoms with Crippen molar-refractivity contribution in [2.24, 2.45) is 15.6 Å². The molecule has 0 heterocycles. The molecule has 0 bridgehead atoms. The SMILES string of the molecule is CN(C)c1ccc(/N=N/c2ccccc2)c(NC(=O)CC(C)(C)C)c1. The molecule has 0 radical (unpaired) electrons. The molecule has 2 aromatic carbocycles. The number of carbonyl (C=O) groups excluding carboxylic acids is 1. The van der Waals surface area contributed by atoms with Crippen LogP contribution in [0.3, 0.4) is 0 Å². The van der Waals surface area contributed by atoms with Crippen LogP contribution in [0.4, 0.5) is 22.7 Å². The summed E-state index contributed by atoms with van der Waals surface area (Å²) in [7, 11) is 3.92. The number of amides is 1. The molecule has 1 amide bonds. The Labute approximate surface area is 149 Å². The highest BCUT2D eigenvalue weighted by atomic mass is 16.1. The lowest BCUT2D eigenvalue weighted by atomic mass is 9.92. The third-order valence-electron chi connectivity index (χ3n) is 3.49. The largest absolute Gasteiger partial charge is 0.378 e. The summed E-state index contributed by atoms with van der Waals surface area (Å²) in [5, 5.41) is 11.6. The Morgan fingerprint density at radius 2 is 1.72 bits per heavy atom. The second-order valence-corrected chi connectivity index (χ2v) is 7.42. The predicted molar refractivity (Wildman–Crippen MR) is 104 cm³/mol. The number of anilines is 2. The molecule has 2 aromatic rings. The van der Waals surface area contributed by atoms with Crippen LogP contribution in [0.2, 0.25) is 0 Å². The Morgan fingerprint density at radius 1 is 1.04 bits per heavy atom. The Kier molecular flexibility index (Phi) is 5.91. The molecule has 25 heavy (non-hydrogen) atoms. The lowest BCUT2D eigenvalue weighted by Crippen LogP contribution is -2.20. The third-order valence-corrected chi connectivity index (χ3v) is 3.49. The fourth-order valence-electron chi connectivity index (χ4n) is 2.27. The first-order valence-corrected chi connectivity index (χ1v) is 8.33. The zero-order chi connectivity index (χ0) is 18.4. The zero-order valence-electron chi connectivity index (χ0n) is 15.6. The molecule has 0 aliphatic heterocycles. The first kappa shape index (κ1) is 18.6. The molecule has 5 nitrogen and oxygen atoms in total. The predicted octanol–water partition coefficient (Wildman–Crippen LogP) is 5.54. The summed E-state index contributed by atoms with van der Waals surface area (Å²) in [5.41, 5.74) is 2.99. The maximum absolute atomic E-state index is 12.3. The van der Waals surface area contributed by atoms with Crippen LogP contribution < -0.4 is 10.2 Å². The summed E-state index contributed by atoms with van der Waals surface area (Å²) < 4.78 is 0. The Morgan fingerprint density at radius 3 is 2.32 bits per heavy atom. The minimum absolute atomic E-state index is 0.0282. The van der Waals surface area contributed by atoms with E-state index in [9.17, 15) is 4.79 Å². The molecule has 1 N–H and O–H groups in total. The first-order valence-electron chi connectivity index (χ1n) is 8.33. The fourth-order valence-corrected chi connectivity index (χ4v) is 2.27. The van der Waals surface area contributed by atoms with Crippen LogP contribution >= 0.6 is 0 Å². The van der Waals surface area contributed by atoms with Crippen molar-refractivity contribution < 1.29 is 4.79 Å². The molecule has 5 heteroatoms. The lowest BCUT2D eigenvalue weighted by Gasteiger charge is -2.19. The molecule has 0 aliphatic carbocycles. The Balaban J connectivity index is 2.29. The van der Waals surface area contributed by atoms with Gasteiger partial charge in [0.05, 0.1) is 11.4 Å². The highest BCUT2D eigenvalue weighted by Crippen LogP contribution is 2.32. The van der Waals surface area contributed by atoms with E-state index in [4.69, 9.17) is 0 Å². The molecule has 0 aliphatic rings. The normalized spacial score (nSPS) is 11.6. The maximum atomic E-state index is 12.3. The van der Waals surface area contributed by atoms with Gasteiger partial charge in [-0.15, -0.1) is 5.11 Å². The second-order valence-electron chi connectivity index (χ2n) is 7.42. The van der Waals surface area contributed by atoms with Gasteiger partial charge in [-0.05, 0) is 35.7 Å². The monoisotopic (exact) mass is 338 g/mol. The number of hydrogen-bond donors (Lipinski definition) is 1. The molecule has 0 atom stereocenters. The molecule has 0 spiro atoms. The Bertz CT molecular complexity index is 746. The van der Waals surface area contributed by atoms with Crippen molar-refractivity contribution in [1.29, 1.82) is 0 Å². The van der Waals surface area contributed by atoms with Gasteiger partial charge < -0.3 is 10.2 Å². The molecule has 132 valence electrons. The number of rotatable bonds is 5. The van der Waals surface area contributed by atoms with E-state index in [1.54, 1.807) is 0 Å². The molecule has 0 unspecified atom stereocenters. The van der Waals surface area contributed by atoms with Crippen molar-refractivity contribution in [1.82, 2.24) is 0 Å². The lowest BCUT2D eigenvalue weighted by molar-refractivity contribution is -0.117. The highest BCUT2D eigenvalue weighted by molar-refractivity contribution is 5.94.